The molecule has 0 aliphatic carbocycles. The number of ether oxygens (including phenoxy) is 1. The normalized spacial score (nSPS) is 13.7. The average molecular weight is 429 g/mol. The highest BCUT2D eigenvalue weighted by Crippen LogP contribution is 2.28. The number of hydrogen-bond acceptors (Lipinski definition) is 7. The number of benzene rings is 2. The van der Waals surface area contributed by atoms with Gasteiger partial charge in [-0.25, -0.2) is 4.79 Å². The number of anilines is 1. The van der Waals surface area contributed by atoms with E-state index in [1.165, 1.54) is 24.3 Å². The number of carboxylic acids is 1. The summed E-state index contributed by atoms with van der Waals surface area (Å²) < 4.78 is 5.47. The molecule has 0 atom stereocenters. The summed E-state index contributed by atoms with van der Waals surface area (Å²) in [5.41, 5.74) is 1.11. The minimum atomic E-state index is -1.21. The van der Waals surface area contributed by atoms with E-state index in [4.69, 9.17) is 9.84 Å². The monoisotopic (exact) mass is 429 g/mol. The predicted molar refractivity (Wildman–Crippen MR) is 112 cm³/mol. The smallest absolute Gasteiger partial charge is 0.339 e. The third-order valence-electron chi connectivity index (χ3n) is 5.09. The number of phenols is 1. The number of amides is 1. The van der Waals surface area contributed by atoms with Crippen LogP contribution in [0.3, 0.4) is 0 Å². The Bertz CT molecular complexity index is 1000. The van der Waals surface area contributed by atoms with Crippen LogP contribution >= 0.6 is 0 Å². The molecule has 1 aliphatic heterocycles. The molecule has 10 nitrogen and oxygen atoms in total. The molecule has 2 N–H and O–H groups in total. The van der Waals surface area contributed by atoms with E-state index in [2.05, 4.69) is 0 Å². The molecule has 0 radical (unpaired) electrons. The summed E-state index contributed by atoms with van der Waals surface area (Å²) in [5, 5.41) is 29.9. The summed E-state index contributed by atoms with van der Waals surface area (Å²) in [5.74, 6) is -1.48. The molecular weight excluding hydrogens is 406 g/mol. The first-order valence-electron chi connectivity index (χ1n) is 9.73. The van der Waals surface area contributed by atoms with Crippen molar-refractivity contribution in [2.45, 2.75) is 13.3 Å². The fourth-order valence-corrected chi connectivity index (χ4v) is 3.40. The molecule has 31 heavy (non-hydrogen) atoms. The summed E-state index contributed by atoms with van der Waals surface area (Å²) in [4.78, 5) is 37.9. The molecule has 0 saturated carbocycles. The van der Waals surface area contributed by atoms with E-state index in [1.807, 2.05) is 4.90 Å². The van der Waals surface area contributed by atoms with Crippen LogP contribution in [-0.2, 0) is 4.79 Å². The molecule has 3 rings (SSSR count). The second-order valence-corrected chi connectivity index (χ2v) is 7.20. The Hall–Kier alpha value is -3.82. The second-order valence-electron chi connectivity index (χ2n) is 7.20. The highest BCUT2D eigenvalue weighted by Gasteiger charge is 2.23. The Kier molecular flexibility index (Phi) is 6.58. The van der Waals surface area contributed by atoms with Gasteiger partial charge in [0.15, 0.2) is 5.75 Å². The third-order valence-corrected chi connectivity index (χ3v) is 5.09. The van der Waals surface area contributed by atoms with Crippen molar-refractivity contribution < 1.29 is 29.5 Å². The highest BCUT2D eigenvalue weighted by molar-refractivity contribution is 5.92. The summed E-state index contributed by atoms with van der Waals surface area (Å²) in [6, 6.07) is 9.06. The number of aromatic hydroxyl groups is 1. The van der Waals surface area contributed by atoms with Gasteiger partial charge in [0.25, 0.3) is 0 Å². The van der Waals surface area contributed by atoms with Crippen molar-refractivity contribution in [2.75, 3.05) is 37.7 Å². The van der Waals surface area contributed by atoms with Crippen LogP contribution in [0, 0.1) is 17.0 Å². The average Bonchev–Trinajstić information content (AvgIpc) is 2.74. The topological polar surface area (TPSA) is 133 Å². The minimum Gasteiger partial charge on any atom is -0.507 e. The van der Waals surface area contributed by atoms with Gasteiger partial charge in [-0.15, -0.1) is 0 Å². The lowest BCUT2D eigenvalue weighted by Crippen LogP contribution is -2.49. The van der Waals surface area contributed by atoms with Crippen LogP contribution in [0.2, 0.25) is 0 Å². The summed E-state index contributed by atoms with van der Waals surface area (Å²) >= 11 is 0. The quantitative estimate of drug-likeness (QED) is 0.506. The van der Waals surface area contributed by atoms with E-state index in [1.54, 1.807) is 24.0 Å². The van der Waals surface area contributed by atoms with E-state index in [0.717, 1.165) is 5.56 Å². The highest BCUT2D eigenvalue weighted by atomic mass is 16.6. The molecule has 164 valence electrons. The Morgan fingerprint density at radius 3 is 2.48 bits per heavy atom. The number of nitrogens with zero attached hydrogens (tertiary/aromatic N) is 3. The zero-order valence-electron chi connectivity index (χ0n) is 17.0. The van der Waals surface area contributed by atoms with Crippen LogP contribution in [-0.4, -0.2) is 64.7 Å². The van der Waals surface area contributed by atoms with E-state index in [-0.39, 0.29) is 41.7 Å². The lowest BCUT2D eigenvalue weighted by Gasteiger charge is -2.36. The molecule has 10 heteroatoms. The number of aryl methyl sites for hydroxylation is 1. The van der Waals surface area contributed by atoms with Crippen LogP contribution in [0.5, 0.6) is 11.5 Å². The molecule has 0 bridgehead atoms. The van der Waals surface area contributed by atoms with Crippen molar-refractivity contribution in [2.24, 2.45) is 0 Å². The van der Waals surface area contributed by atoms with Gasteiger partial charge in [0.1, 0.15) is 11.3 Å². The zero-order chi connectivity index (χ0) is 22.5. The minimum absolute atomic E-state index is 0.0306. The Labute approximate surface area is 178 Å². The van der Waals surface area contributed by atoms with E-state index < -0.39 is 10.9 Å². The van der Waals surface area contributed by atoms with Crippen molar-refractivity contribution in [3.63, 3.8) is 0 Å². The molecule has 2 aromatic rings. The predicted octanol–water partition coefficient (Wildman–Crippen LogP) is 2.42. The molecule has 0 unspecified atom stereocenters. The van der Waals surface area contributed by atoms with Crippen molar-refractivity contribution >= 4 is 23.3 Å². The van der Waals surface area contributed by atoms with Gasteiger partial charge in [0, 0.05) is 37.9 Å². The number of piperazine rings is 1. The molecule has 0 aromatic heterocycles. The van der Waals surface area contributed by atoms with Crippen LogP contribution in [0.4, 0.5) is 11.4 Å². The Balaban J connectivity index is 1.52. The fraction of sp³-hybridized carbons (Fsp3) is 0.333. The summed E-state index contributed by atoms with van der Waals surface area (Å²) in [7, 11) is 0. The molecule has 1 fully saturated rings. The largest absolute Gasteiger partial charge is 0.507 e. The maximum Gasteiger partial charge on any atom is 0.339 e. The van der Waals surface area contributed by atoms with Crippen molar-refractivity contribution in [3.8, 4) is 11.5 Å². The fourth-order valence-electron chi connectivity index (χ4n) is 3.40. The van der Waals surface area contributed by atoms with E-state index in [0.29, 0.717) is 31.9 Å². The Morgan fingerprint density at radius 2 is 1.84 bits per heavy atom. The number of nitro groups is 1. The zero-order valence-corrected chi connectivity index (χ0v) is 17.0. The maximum atomic E-state index is 12.5. The van der Waals surface area contributed by atoms with E-state index >= 15 is 0 Å². The number of carbonyl (C=O) groups is 2. The first-order valence-corrected chi connectivity index (χ1v) is 9.73. The van der Waals surface area contributed by atoms with Gasteiger partial charge in [0.2, 0.25) is 5.91 Å². The SMILES string of the molecule is Cc1ccc(OCCC(=O)N2CCN(c3ccc(O)c(C(=O)O)c3)CC2)c([N+](=O)[O-])c1. The number of aromatic carboxylic acids is 1. The molecule has 1 amide bonds. The van der Waals surface area contributed by atoms with Crippen LogP contribution in [0.15, 0.2) is 36.4 Å². The first-order chi connectivity index (χ1) is 14.8. The van der Waals surface area contributed by atoms with Crippen molar-refractivity contribution in [3.05, 3.63) is 57.6 Å². The standard InChI is InChI=1S/C21H23N3O7/c1-14-2-5-19(17(12-14)24(29)30)31-11-6-20(26)23-9-7-22(8-10-23)15-3-4-18(25)16(13-15)21(27)28/h2-5,12-13,25H,6-11H2,1H3,(H,27,28). The second kappa shape index (κ2) is 9.33. The van der Waals surface area contributed by atoms with Crippen LogP contribution < -0.4 is 9.64 Å². The molecule has 1 heterocycles. The number of carbonyl (C=O) groups excluding carboxylic acids is 1. The van der Waals surface area contributed by atoms with Gasteiger partial charge in [0.05, 0.1) is 18.0 Å². The van der Waals surface area contributed by atoms with Gasteiger partial charge >= 0.3 is 11.7 Å². The number of carboxylic acid groups (broad SMARTS) is 1. The number of nitro benzene ring substituents is 1. The van der Waals surface area contributed by atoms with Gasteiger partial charge in [-0.3, -0.25) is 14.9 Å². The third kappa shape index (κ3) is 5.21. The van der Waals surface area contributed by atoms with Gasteiger partial charge < -0.3 is 24.7 Å². The summed E-state index contributed by atoms with van der Waals surface area (Å²) in [6.45, 7) is 3.71. The van der Waals surface area contributed by atoms with Gasteiger partial charge in [-0.2, -0.15) is 0 Å². The molecule has 1 aliphatic rings. The summed E-state index contributed by atoms with van der Waals surface area (Å²) in [6.07, 6.45) is 0.0907. The molecule has 1 saturated heterocycles. The molecule has 2 aromatic carbocycles. The van der Waals surface area contributed by atoms with E-state index in [9.17, 15) is 24.8 Å². The maximum absolute atomic E-state index is 12.5. The van der Waals surface area contributed by atoms with Crippen LogP contribution in [0.1, 0.15) is 22.3 Å². The van der Waals surface area contributed by atoms with Crippen LogP contribution in [0.25, 0.3) is 0 Å². The van der Waals surface area contributed by atoms with Gasteiger partial charge in [-0.1, -0.05) is 6.07 Å². The Morgan fingerprint density at radius 1 is 1.13 bits per heavy atom. The van der Waals surface area contributed by atoms with Crippen molar-refractivity contribution in [1.82, 2.24) is 4.90 Å². The molecular formula is C21H23N3O7. The van der Waals surface area contributed by atoms with Crippen molar-refractivity contribution in [1.29, 1.82) is 0 Å². The van der Waals surface area contributed by atoms with Gasteiger partial charge in [-0.05, 0) is 36.8 Å². The lowest BCUT2D eigenvalue weighted by atomic mass is 10.1. The number of rotatable bonds is 7. The molecule has 0 spiro atoms. The lowest BCUT2D eigenvalue weighted by molar-refractivity contribution is -0.385. The number of hydrogen-bond donors (Lipinski definition) is 2. The first kappa shape index (κ1) is 21.9.